The van der Waals surface area contributed by atoms with Crippen LogP contribution in [-0.4, -0.2) is 65.1 Å². The van der Waals surface area contributed by atoms with Crippen LogP contribution in [0.4, 0.5) is 0 Å². The fraction of sp³-hybridized carbons (Fsp3) is 0.455. The molecule has 0 fully saturated rings. The largest absolute Gasteiger partial charge is 0.624 e. The Balaban J connectivity index is 3.20. The summed E-state index contributed by atoms with van der Waals surface area (Å²) in [7, 11) is 0. The normalized spacial score (nSPS) is 16.7. The zero-order valence-corrected chi connectivity index (χ0v) is 17.2. The van der Waals surface area contributed by atoms with Gasteiger partial charge in [0.25, 0.3) is 0 Å². The predicted octanol–water partition coefficient (Wildman–Crippen LogP) is 2.82. The van der Waals surface area contributed by atoms with Gasteiger partial charge in [0, 0.05) is 18.9 Å². The Labute approximate surface area is 173 Å². The summed E-state index contributed by atoms with van der Waals surface area (Å²) in [6.07, 6.45) is 4.54. The first-order valence-electron chi connectivity index (χ1n) is 9.70. The molecule has 160 valence electrons. The zero-order chi connectivity index (χ0) is 21.6. The summed E-state index contributed by atoms with van der Waals surface area (Å²) in [5, 5.41) is 34.6. The summed E-state index contributed by atoms with van der Waals surface area (Å²) in [6, 6.07) is 8.30. The molecule has 0 bridgehead atoms. The van der Waals surface area contributed by atoms with E-state index in [9.17, 15) is 15.5 Å². The van der Waals surface area contributed by atoms with Crippen molar-refractivity contribution in [3.8, 4) is 0 Å². The van der Waals surface area contributed by atoms with E-state index >= 15 is 0 Å². The topological polar surface area (TPSA) is 90.8 Å². The number of hydrogen-bond acceptors (Lipinski definition) is 5. The van der Waals surface area contributed by atoms with Gasteiger partial charge in [-0.1, -0.05) is 49.4 Å². The van der Waals surface area contributed by atoms with Crippen LogP contribution in [0.3, 0.4) is 0 Å². The second-order valence-electron chi connectivity index (χ2n) is 6.52. The third-order valence-electron chi connectivity index (χ3n) is 4.43. The van der Waals surface area contributed by atoms with Gasteiger partial charge in [-0.15, -0.1) is 13.2 Å². The smallest absolute Gasteiger partial charge is 0.185 e. The van der Waals surface area contributed by atoms with Crippen molar-refractivity contribution in [3.05, 3.63) is 71.6 Å². The highest BCUT2D eigenvalue weighted by molar-refractivity contribution is 5.70. The molecule has 0 unspecified atom stereocenters. The lowest BCUT2D eigenvalue weighted by Crippen LogP contribution is -2.40. The van der Waals surface area contributed by atoms with Gasteiger partial charge in [-0.2, -0.15) is 0 Å². The van der Waals surface area contributed by atoms with E-state index in [1.807, 2.05) is 30.3 Å². The van der Waals surface area contributed by atoms with Gasteiger partial charge in [0.2, 0.25) is 0 Å². The lowest BCUT2D eigenvalue weighted by molar-refractivity contribution is -0.506. The molecule has 0 aliphatic heterocycles. The van der Waals surface area contributed by atoms with Gasteiger partial charge in [-0.05, 0) is 0 Å². The number of hydroxylamine groups is 2. The average Bonchev–Trinajstić information content (AvgIpc) is 2.74. The standard InChI is InChI=1S/C22H32N2O5/c1-5-13-28-21(15-23(26)18(4)19-11-9-8-10-12-19)22(29-14-6-2)16-24(27)20(7-3)17-25/h5-6,8-12,15-16,18,20-22,25H,1-2,7,13-14,17H2,3-4H3/b23-15-,24-16-/t18-,20+,21-,22-/m0/s1. The summed E-state index contributed by atoms with van der Waals surface area (Å²) in [5.41, 5.74) is 0.852. The average molecular weight is 405 g/mol. The number of aliphatic hydroxyl groups excluding tert-OH is 1. The predicted molar refractivity (Wildman–Crippen MR) is 115 cm³/mol. The number of benzene rings is 1. The molecule has 4 atom stereocenters. The van der Waals surface area contributed by atoms with Crippen molar-refractivity contribution >= 4 is 12.4 Å². The maximum absolute atomic E-state index is 12.8. The second-order valence-corrected chi connectivity index (χ2v) is 6.52. The van der Waals surface area contributed by atoms with Crippen molar-refractivity contribution in [1.82, 2.24) is 0 Å². The molecule has 1 rings (SSSR count). The van der Waals surface area contributed by atoms with Crippen molar-refractivity contribution in [1.29, 1.82) is 0 Å². The summed E-state index contributed by atoms with van der Waals surface area (Å²) in [5.74, 6) is 0. The van der Waals surface area contributed by atoms with Gasteiger partial charge in [-0.3, -0.25) is 0 Å². The number of ether oxygens (including phenoxy) is 2. The SMILES string of the molecule is C=CCO[C@@H](/C=[N+](\[O-])[C@H](CC)CO)[C@H](/C=[N+](\[O-])[C@@H](C)c1ccccc1)OCC=C. The number of rotatable bonds is 14. The molecule has 0 amide bonds. The van der Waals surface area contributed by atoms with Gasteiger partial charge >= 0.3 is 0 Å². The molecule has 0 aromatic heterocycles. The maximum atomic E-state index is 12.8. The van der Waals surface area contributed by atoms with Crippen molar-refractivity contribution in [2.24, 2.45) is 0 Å². The quantitative estimate of drug-likeness (QED) is 0.169. The highest BCUT2D eigenvalue weighted by Crippen LogP contribution is 2.15. The molecule has 0 spiro atoms. The van der Waals surface area contributed by atoms with Crippen LogP contribution in [-0.2, 0) is 9.47 Å². The number of hydrogen-bond donors (Lipinski definition) is 1. The molecule has 0 aliphatic rings. The van der Waals surface area contributed by atoms with Gasteiger partial charge in [-0.25, -0.2) is 9.48 Å². The first kappa shape index (κ1) is 24.6. The van der Waals surface area contributed by atoms with Crippen LogP contribution in [0.25, 0.3) is 0 Å². The fourth-order valence-electron chi connectivity index (χ4n) is 2.61. The minimum atomic E-state index is -0.842. The molecule has 1 aromatic rings. The number of nitrogens with zero attached hydrogens (tertiary/aromatic N) is 2. The van der Waals surface area contributed by atoms with E-state index in [0.717, 1.165) is 10.3 Å². The monoisotopic (exact) mass is 404 g/mol. The number of aliphatic hydroxyl groups is 1. The molecule has 29 heavy (non-hydrogen) atoms. The van der Waals surface area contributed by atoms with E-state index < -0.39 is 24.3 Å². The van der Waals surface area contributed by atoms with Crippen LogP contribution >= 0.6 is 0 Å². The van der Waals surface area contributed by atoms with Crippen molar-refractivity contribution in [2.75, 3.05) is 19.8 Å². The summed E-state index contributed by atoms with van der Waals surface area (Å²) in [6.45, 7) is 10.9. The maximum Gasteiger partial charge on any atom is 0.185 e. The van der Waals surface area contributed by atoms with Crippen molar-refractivity contribution in [2.45, 2.75) is 44.6 Å². The highest BCUT2D eigenvalue weighted by atomic mass is 16.5. The van der Waals surface area contributed by atoms with E-state index in [0.29, 0.717) is 11.2 Å². The minimum absolute atomic E-state index is 0.166. The summed E-state index contributed by atoms with van der Waals surface area (Å²) >= 11 is 0. The van der Waals surface area contributed by atoms with Crippen LogP contribution in [0.5, 0.6) is 0 Å². The van der Waals surface area contributed by atoms with Crippen LogP contribution in [0.1, 0.15) is 31.9 Å². The Hall–Kier alpha value is -2.48. The molecule has 7 heteroatoms. The molecule has 7 nitrogen and oxygen atoms in total. The Bertz CT molecular complexity index is 671. The Morgan fingerprint density at radius 3 is 1.97 bits per heavy atom. The van der Waals surface area contributed by atoms with Gasteiger partial charge in [0.1, 0.15) is 6.61 Å². The fourth-order valence-corrected chi connectivity index (χ4v) is 2.61. The van der Waals surface area contributed by atoms with Crippen molar-refractivity contribution < 1.29 is 24.1 Å². The third kappa shape index (κ3) is 8.19. The summed E-state index contributed by atoms with van der Waals surface area (Å²) < 4.78 is 12.9. The summed E-state index contributed by atoms with van der Waals surface area (Å²) in [4.78, 5) is 0. The van der Waals surface area contributed by atoms with Crippen LogP contribution in [0, 0.1) is 10.4 Å². The van der Waals surface area contributed by atoms with Crippen LogP contribution < -0.4 is 0 Å². The first-order valence-corrected chi connectivity index (χ1v) is 9.70. The van der Waals surface area contributed by atoms with E-state index in [1.165, 1.54) is 12.4 Å². The lowest BCUT2D eigenvalue weighted by Gasteiger charge is -2.22. The zero-order valence-electron chi connectivity index (χ0n) is 17.2. The van der Waals surface area contributed by atoms with E-state index in [2.05, 4.69) is 13.2 Å². The Morgan fingerprint density at radius 1 is 1.00 bits per heavy atom. The van der Waals surface area contributed by atoms with Gasteiger partial charge < -0.3 is 25.0 Å². The third-order valence-corrected chi connectivity index (χ3v) is 4.43. The second kappa shape index (κ2) is 13.7. The molecular formula is C22H32N2O5. The van der Waals surface area contributed by atoms with E-state index in [4.69, 9.17) is 9.47 Å². The molecule has 0 saturated heterocycles. The Morgan fingerprint density at radius 2 is 1.52 bits per heavy atom. The van der Waals surface area contributed by atoms with Gasteiger partial charge in [0.05, 0.1) is 13.2 Å². The molecular weight excluding hydrogens is 372 g/mol. The highest BCUT2D eigenvalue weighted by Gasteiger charge is 2.28. The molecule has 0 saturated carbocycles. The molecule has 1 aromatic carbocycles. The van der Waals surface area contributed by atoms with Crippen molar-refractivity contribution in [3.63, 3.8) is 0 Å². The molecule has 0 radical (unpaired) electrons. The molecule has 0 aliphatic carbocycles. The van der Waals surface area contributed by atoms with E-state index in [1.54, 1.807) is 26.0 Å². The van der Waals surface area contributed by atoms with Crippen LogP contribution in [0.2, 0.25) is 0 Å². The van der Waals surface area contributed by atoms with Crippen LogP contribution in [0.15, 0.2) is 55.6 Å². The van der Waals surface area contributed by atoms with Gasteiger partial charge in [0.15, 0.2) is 36.7 Å². The lowest BCUT2D eigenvalue weighted by atomic mass is 10.1. The first-order chi connectivity index (χ1) is 14.0. The van der Waals surface area contributed by atoms with E-state index in [-0.39, 0.29) is 19.8 Å². The molecule has 0 heterocycles. The minimum Gasteiger partial charge on any atom is -0.624 e. The molecule has 1 N–H and O–H groups in total. The Kier molecular flexibility index (Phi) is 11.6.